The van der Waals surface area contributed by atoms with Crippen LogP contribution < -0.4 is 5.56 Å². The van der Waals surface area contributed by atoms with Gasteiger partial charge >= 0.3 is 0 Å². The molecule has 2 atom stereocenters. The molecule has 1 saturated carbocycles. The van der Waals surface area contributed by atoms with Crippen molar-refractivity contribution in [2.45, 2.75) is 50.5 Å². The van der Waals surface area contributed by atoms with Crippen LogP contribution in [0.3, 0.4) is 0 Å². The molecular formula is C18H21N5O2S. The molecule has 0 radical (unpaired) electrons. The number of H-pyrrole nitrogens is 1. The summed E-state index contributed by atoms with van der Waals surface area (Å²) in [5.74, 6) is 1.35. The molecule has 3 aromatic rings. The van der Waals surface area contributed by atoms with Gasteiger partial charge in [-0.25, -0.2) is 14.6 Å². The van der Waals surface area contributed by atoms with E-state index in [1.165, 1.54) is 0 Å². The smallest absolute Gasteiger partial charge is 0.262 e. The van der Waals surface area contributed by atoms with Gasteiger partial charge in [-0.3, -0.25) is 4.79 Å². The third-order valence-electron chi connectivity index (χ3n) is 5.66. The van der Waals surface area contributed by atoms with E-state index in [0.717, 1.165) is 55.4 Å². The number of ether oxygens (including phenoxy) is 1. The lowest BCUT2D eigenvalue weighted by Gasteiger charge is -2.34. The Hall–Kier alpha value is -2.06. The molecule has 7 nitrogen and oxygen atoms in total. The predicted octanol–water partition coefficient (Wildman–Crippen LogP) is 2.90. The zero-order valence-corrected chi connectivity index (χ0v) is 15.5. The van der Waals surface area contributed by atoms with E-state index in [1.807, 2.05) is 11.6 Å². The summed E-state index contributed by atoms with van der Waals surface area (Å²) >= 11 is 1.68. The van der Waals surface area contributed by atoms with Crippen molar-refractivity contribution in [3.05, 3.63) is 38.5 Å². The zero-order chi connectivity index (χ0) is 17.7. The van der Waals surface area contributed by atoms with Crippen molar-refractivity contribution in [2.24, 2.45) is 0 Å². The standard InChI is InChI=1S/C18H21N5O2S/c1-10-20-15(9-26-10)12-2-3-13(12)16-21-17-14(18(24)22-16)8-19-23(17)11-4-6-25-7-5-11/h8-9,11-13H,2-7H2,1H3,(H,21,22,24)/t12-,13?/m1/s1. The van der Waals surface area contributed by atoms with Crippen molar-refractivity contribution in [3.8, 4) is 0 Å². The van der Waals surface area contributed by atoms with Gasteiger partial charge in [-0.1, -0.05) is 0 Å². The quantitative estimate of drug-likeness (QED) is 0.765. The molecule has 0 amide bonds. The lowest BCUT2D eigenvalue weighted by atomic mass is 9.71. The van der Waals surface area contributed by atoms with E-state index < -0.39 is 0 Å². The highest BCUT2D eigenvalue weighted by atomic mass is 32.1. The number of thiazole rings is 1. The molecule has 2 fully saturated rings. The number of hydrogen-bond donors (Lipinski definition) is 1. The molecule has 0 aromatic carbocycles. The van der Waals surface area contributed by atoms with Crippen molar-refractivity contribution in [1.82, 2.24) is 24.7 Å². The summed E-state index contributed by atoms with van der Waals surface area (Å²) in [5.41, 5.74) is 1.74. The summed E-state index contributed by atoms with van der Waals surface area (Å²) in [6, 6.07) is 0.252. The summed E-state index contributed by atoms with van der Waals surface area (Å²) in [6.45, 7) is 3.49. The Kier molecular flexibility index (Phi) is 3.90. The largest absolute Gasteiger partial charge is 0.381 e. The molecule has 1 N–H and O–H groups in total. The monoisotopic (exact) mass is 371 g/mol. The minimum Gasteiger partial charge on any atom is -0.381 e. The number of fused-ring (bicyclic) bond motifs is 1. The second-order valence-corrected chi connectivity index (χ2v) is 8.27. The minimum atomic E-state index is -0.0941. The van der Waals surface area contributed by atoms with E-state index in [4.69, 9.17) is 9.72 Å². The van der Waals surface area contributed by atoms with Gasteiger partial charge in [0.15, 0.2) is 5.65 Å². The fourth-order valence-corrected chi connectivity index (χ4v) is 4.73. The molecule has 4 heterocycles. The van der Waals surface area contributed by atoms with Gasteiger partial charge in [-0.15, -0.1) is 11.3 Å². The number of nitrogens with zero attached hydrogens (tertiary/aromatic N) is 4. The SMILES string of the molecule is Cc1nc([C@@H]2CCC2c2nc3c(cnn3C3CCOCC3)c(=O)[nH]2)cs1. The van der Waals surface area contributed by atoms with Crippen LogP contribution in [0.4, 0.5) is 0 Å². The number of nitrogens with one attached hydrogen (secondary N) is 1. The van der Waals surface area contributed by atoms with Crippen LogP contribution in [0.25, 0.3) is 11.0 Å². The van der Waals surface area contributed by atoms with Gasteiger partial charge in [0.1, 0.15) is 11.2 Å². The van der Waals surface area contributed by atoms with Crippen LogP contribution in [0.1, 0.15) is 60.1 Å². The first-order chi connectivity index (χ1) is 12.7. The molecule has 136 valence electrons. The Labute approximate surface area is 154 Å². The predicted molar refractivity (Wildman–Crippen MR) is 98.8 cm³/mol. The average molecular weight is 371 g/mol. The van der Waals surface area contributed by atoms with Crippen LogP contribution in [0.5, 0.6) is 0 Å². The molecule has 0 bridgehead atoms. The normalized spacial score (nSPS) is 24.0. The molecule has 0 spiro atoms. The molecule has 1 saturated heterocycles. The van der Waals surface area contributed by atoms with Crippen molar-refractivity contribution < 1.29 is 4.74 Å². The highest BCUT2D eigenvalue weighted by Gasteiger charge is 2.37. The van der Waals surface area contributed by atoms with Crippen LogP contribution >= 0.6 is 11.3 Å². The second-order valence-electron chi connectivity index (χ2n) is 7.20. The summed E-state index contributed by atoms with van der Waals surface area (Å²) < 4.78 is 7.38. The molecule has 1 aliphatic carbocycles. The van der Waals surface area contributed by atoms with Gasteiger partial charge in [0.2, 0.25) is 0 Å². The summed E-state index contributed by atoms with van der Waals surface area (Å²) in [6.07, 6.45) is 5.58. The number of aromatic nitrogens is 5. The molecule has 1 unspecified atom stereocenters. The van der Waals surface area contributed by atoms with Gasteiger partial charge < -0.3 is 9.72 Å². The lowest BCUT2D eigenvalue weighted by molar-refractivity contribution is 0.0673. The Balaban J connectivity index is 1.53. The third kappa shape index (κ3) is 2.59. The second kappa shape index (κ2) is 6.28. The van der Waals surface area contributed by atoms with E-state index in [0.29, 0.717) is 17.0 Å². The minimum absolute atomic E-state index is 0.0941. The molecule has 1 aliphatic heterocycles. The Morgan fingerprint density at radius 2 is 2.00 bits per heavy atom. The zero-order valence-electron chi connectivity index (χ0n) is 14.6. The molecule has 5 rings (SSSR count). The summed E-state index contributed by atoms with van der Waals surface area (Å²) in [5, 5.41) is 8.26. The number of hydrogen-bond acceptors (Lipinski definition) is 6. The van der Waals surface area contributed by atoms with E-state index >= 15 is 0 Å². The van der Waals surface area contributed by atoms with Crippen LogP contribution in [0.2, 0.25) is 0 Å². The van der Waals surface area contributed by atoms with E-state index in [2.05, 4.69) is 20.4 Å². The summed E-state index contributed by atoms with van der Waals surface area (Å²) in [4.78, 5) is 25.1. The van der Waals surface area contributed by atoms with Gasteiger partial charge in [0.25, 0.3) is 5.56 Å². The average Bonchev–Trinajstić information content (AvgIpc) is 3.21. The van der Waals surface area contributed by atoms with Crippen molar-refractivity contribution in [3.63, 3.8) is 0 Å². The molecular weight excluding hydrogens is 350 g/mol. The van der Waals surface area contributed by atoms with Crippen LogP contribution in [-0.4, -0.2) is 37.9 Å². The Morgan fingerprint density at radius 1 is 1.19 bits per heavy atom. The number of rotatable bonds is 3. The fraction of sp³-hybridized carbons (Fsp3) is 0.556. The van der Waals surface area contributed by atoms with Crippen LogP contribution in [0.15, 0.2) is 16.4 Å². The maximum Gasteiger partial charge on any atom is 0.262 e. The molecule has 26 heavy (non-hydrogen) atoms. The molecule has 8 heteroatoms. The Morgan fingerprint density at radius 3 is 2.69 bits per heavy atom. The third-order valence-corrected chi connectivity index (χ3v) is 6.45. The fourth-order valence-electron chi connectivity index (χ4n) is 4.06. The van der Waals surface area contributed by atoms with Crippen molar-refractivity contribution >= 4 is 22.4 Å². The highest BCUT2D eigenvalue weighted by Crippen LogP contribution is 2.47. The summed E-state index contributed by atoms with van der Waals surface area (Å²) in [7, 11) is 0. The van der Waals surface area contributed by atoms with Crippen LogP contribution in [-0.2, 0) is 4.74 Å². The van der Waals surface area contributed by atoms with Crippen molar-refractivity contribution in [2.75, 3.05) is 13.2 Å². The maximum absolute atomic E-state index is 12.6. The highest BCUT2D eigenvalue weighted by molar-refractivity contribution is 7.09. The number of aromatic amines is 1. The Bertz CT molecular complexity index is 1000. The first-order valence-corrected chi connectivity index (χ1v) is 10.1. The molecule has 2 aliphatic rings. The van der Waals surface area contributed by atoms with Crippen LogP contribution in [0, 0.1) is 6.92 Å². The topological polar surface area (TPSA) is 85.7 Å². The number of aryl methyl sites for hydroxylation is 1. The van der Waals surface area contributed by atoms with E-state index in [1.54, 1.807) is 17.5 Å². The first kappa shape index (κ1) is 16.1. The molecule has 3 aromatic heterocycles. The maximum atomic E-state index is 12.6. The van der Waals surface area contributed by atoms with Gasteiger partial charge in [-0.2, -0.15) is 5.10 Å². The lowest BCUT2D eigenvalue weighted by Crippen LogP contribution is -2.27. The van der Waals surface area contributed by atoms with Gasteiger partial charge in [0.05, 0.1) is 22.9 Å². The van der Waals surface area contributed by atoms with E-state index in [9.17, 15) is 4.79 Å². The van der Waals surface area contributed by atoms with Gasteiger partial charge in [-0.05, 0) is 32.6 Å². The first-order valence-electron chi connectivity index (χ1n) is 9.18. The van der Waals surface area contributed by atoms with Gasteiger partial charge in [0, 0.05) is 30.4 Å². The van der Waals surface area contributed by atoms with Crippen molar-refractivity contribution in [1.29, 1.82) is 0 Å². The van der Waals surface area contributed by atoms with E-state index in [-0.39, 0.29) is 17.5 Å².